The number of ether oxygens (including phenoxy) is 1. The molecule has 4 heterocycles. The van der Waals surface area contributed by atoms with Crippen molar-refractivity contribution in [2.45, 2.75) is 11.8 Å². The van der Waals surface area contributed by atoms with Gasteiger partial charge in [-0.25, -0.2) is 4.98 Å². The molecule has 2 atom stereocenters. The van der Waals surface area contributed by atoms with Crippen molar-refractivity contribution in [2.24, 2.45) is 5.92 Å². The van der Waals surface area contributed by atoms with E-state index >= 15 is 0 Å². The number of fused-ring (bicyclic) bond motifs is 1. The van der Waals surface area contributed by atoms with Crippen molar-refractivity contribution < 1.29 is 9.26 Å². The quantitative estimate of drug-likeness (QED) is 0.749. The van der Waals surface area contributed by atoms with Crippen molar-refractivity contribution in [2.75, 3.05) is 33.2 Å². The van der Waals surface area contributed by atoms with E-state index in [9.17, 15) is 0 Å². The zero-order valence-corrected chi connectivity index (χ0v) is 15.8. The summed E-state index contributed by atoms with van der Waals surface area (Å²) in [4.78, 5) is 11.5. The van der Waals surface area contributed by atoms with Crippen LogP contribution in [0, 0.1) is 5.92 Å². The lowest BCUT2D eigenvalue weighted by molar-refractivity contribution is 0.118. The molecule has 0 radical (unpaired) electrons. The van der Waals surface area contributed by atoms with Crippen LogP contribution >= 0.6 is 0 Å². The Labute approximate surface area is 163 Å². The van der Waals surface area contributed by atoms with Gasteiger partial charge >= 0.3 is 0 Å². The predicted octanol–water partition coefficient (Wildman–Crippen LogP) is 2.72. The van der Waals surface area contributed by atoms with Gasteiger partial charge in [0.1, 0.15) is 5.75 Å². The normalized spacial score (nSPS) is 24.8. The van der Waals surface area contributed by atoms with Gasteiger partial charge in [0, 0.05) is 37.5 Å². The van der Waals surface area contributed by atoms with E-state index < -0.39 is 0 Å². The number of pyridine rings is 1. The average molecular weight is 377 g/mol. The van der Waals surface area contributed by atoms with Gasteiger partial charge in [-0.3, -0.25) is 0 Å². The third kappa shape index (κ3) is 3.06. The van der Waals surface area contributed by atoms with E-state index in [0.717, 1.165) is 49.8 Å². The van der Waals surface area contributed by atoms with Crippen molar-refractivity contribution in [3.8, 4) is 23.0 Å². The Hall–Kier alpha value is -2.77. The molecule has 0 saturated carbocycles. The van der Waals surface area contributed by atoms with Gasteiger partial charge in [0.05, 0.1) is 5.41 Å². The molecule has 2 fully saturated rings. The van der Waals surface area contributed by atoms with E-state index in [4.69, 9.17) is 14.2 Å². The molecular weight excluding hydrogens is 354 g/mol. The Bertz CT molecular complexity index is 943. The molecule has 0 spiro atoms. The predicted molar refractivity (Wildman–Crippen MR) is 104 cm³/mol. The second-order valence-corrected chi connectivity index (χ2v) is 7.72. The maximum Gasteiger partial charge on any atom is 0.234 e. The summed E-state index contributed by atoms with van der Waals surface area (Å²) >= 11 is 0. The van der Waals surface area contributed by atoms with E-state index in [1.807, 2.05) is 42.5 Å². The second-order valence-electron chi connectivity index (χ2n) is 7.72. The zero-order valence-electron chi connectivity index (χ0n) is 15.8. The van der Waals surface area contributed by atoms with Crippen LogP contribution in [0.1, 0.15) is 12.3 Å². The fourth-order valence-electron chi connectivity index (χ4n) is 4.28. The van der Waals surface area contributed by atoms with Crippen LogP contribution in [0.15, 0.2) is 53.2 Å². The molecule has 7 nitrogen and oxygen atoms in total. The fraction of sp³-hybridized carbons (Fsp3) is 0.381. The van der Waals surface area contributed by atoms with Gasteiger partial charge in [-0.2, -0.15) is 4.98 Å². The third-order valence-corrected chi connectivity index (χ3v) is 5.90. The van der Waals surface area contributed by atoms with Crippen LogP contribution in [0.25, 0.3) is 11.4 Å². The minimum Gasteiger partial charge on any atom is -0.439 e. The Morgan fingerprint density at radius 1 is 1.21 bits per heavy atom. The molecule has 2 aliphatic rings. The standard InChI is InChI=1S/C21H23N5O2/c1-26-10-9-21(14-22-12-16(21)13-26)20-24-19(25-28-20)15-7-8-18(23-11-15)27-17-5-3-2-4-6-17/h2-8,11,16,22H,9-10,12-14H2,1H3/t16-,21+/m1/s1. The minimum atomic E-state index is -0.0540. The molecule has 1 aromatic carbocycles. The summed E-state index contributed by atoms with van der Waals surface area (Å²) in [6, 6.07) is 13.3. The number of benzene rings is 1. The summed E-state index contributed by atoms with van der Waals surface area (Å²) in [5.41, 5.74) is 0.768. The topological polar surface area (TPSA) is 76.3 Å². The van der Waals surface area contributed by atoms with Crippen LogP contribution in [-0.2, 0) is 5.41 Å². The zero-order chi connectivity index (χ0) is 19.0. The van der Waals surface area contributed by atoms with Crippen molar-refractivity contribution in [3.63, 3.8) is 0 Å². The van der Waals surface area contributed by atoms with Crippen LogP contribution in [0.3, 0.4) is 0 Å². The lowest BCUT2D eigenvalue weighted by Gasteiger charge is -2.39. The van der Waals surface area contributed by atoms with E-state index in [2.05, 4.69) is 27.4 Å². The lowest BCUT2D eigenvalue weighted by atomic mass is 9.72. The molecule has 144 valence electrons. The lowest BCUT2D eigenvalue weighted by Crippen LogP contribution is -2.48. The Kier molecular flexibility index (Phi) is 4.33. The van der Waals surface area contributed by atoms with E-state index in [1.165, 1.54) is 0 Å². The van der Waals surface area contributed by atoms with Gasteiger partial charge < -0.3 is 19.5 Å². The molecule has 0 aliphatic carbocycles. The summed E-state index contributed by atoms with van der Waals surface area (Å²) in [6.07, 6.45) is 2.76. The van der Waals surface area contributed by atoms with E-state index in [1.54, 1.807) is 6.20 Å². The summed E-state index contributed by atoms with van der Waals surface area (Å²) in [5.74, 6) is 3.11. The number of hydrogen-bond donors (Lipinski definition) is 1. The maximum absolute atomic E-state index is 5.75. The van der Waals surface area contributed by atoms with E-state index in [0.29, 0.717) is 17.6 Å². The first-order valence-electron chi connectivity index (χ1n) is 9.66. The molecule has 5 rings (SSSR count). The highest BCUT2D eigenvalue weighted by Gasteiger charge is 2.50. The van der Waals surface area contributed by atoms with Gasteiger partial charge in [0.15, 0.2) is 0 Å². The van der Waals surface area contributed by atoms with Gasteiger partial charge in [-0.1, -0.05) is 23.4 Å². The van der Waals surface area contributed by atoms with Crippen LogP contribution in [-0.4, -0.2) is 53.3 Å². The number of para-hydroxylation sites is 1. The summed E-state index contributed by atoms with van der Waals surface area (Å²) < 4.78 is 11.5. The molecule has 3 aromatic rings. The summed E-state index contributed by atoms with van der Waals surface area (Å²) in [7, 11) is 2.17. The molecule has 0 unspecified atom stereocenters. The minimum absolute atomic E-state index is 0.0540. The number of nitrogens with zero attached hydrogens (tertiary/aromatic N) is 4. The van der Waals surface area contributed by atoms with Gasteiger partial charge in [-0.05, 0) is 44.1 Å². The van der Waals surface area contributed by atoms with Crippen molar-refractivity contribution in [3.05, 3.63) is 54.6 Å². The highest BCUT2D eigenvalue weighted by molar-refractivity contribution is 5.53. The first kappa shape index (κ1) is 17.3. The molecule has 2 aliphatic heterocycles. The van der Waals surface area contributed by atoms with Gasteiger partial charge in [0.25, 0.3) is 0 Å². The molecule has 28 heavy (non-hydrogen) atoms. The second kappa shape index (κ2) is 7.00. The Morgan fingerprint density at radius 2 is 2.11 bits per heavy atom. The molecule has 0 amide bonds. The van der Waals surface area contributed by atoms with Crippen LogP contribution in [0.5, 0.6) is 11.6 Å². The molecule has 2 saturated heterocycles. The van der Waals surface area contributed by atoms with Crippen LogP contribution in [0.2, 0.25) is 0 Å². The largest absolute Gasteiger partial charge is 0.439 e. The smallest absolute Gasteiger partial charge is 0.234 e. The van der Waals surface area contributed by atoms with Crippen molar-refractivity contribution in [1.29, 1.82) is 0 Å². The van der Waals surface area contributed by atoms with E-state index in [-0.39, 0.29) is 5.41 Å². The number of nitrogens with one attached hydrogen (secondary N) is 1. The maximum atomic E-state index is 5.75. The Morgan fingerprint density at radius 3 is 2.93 bits per heavy atom. The number of hydrogen-bond acceptors (Lipinski definition) is 7. The number of aromatic nitrogens is 3. The van der Waals surface area contributed by atoms with Gasteiger partial charge in [0.2, 0.25) is 17.6 Å². The summed E-state index contributed by atoms with van der Waals surface area (Å²) in [6.45, 7) is 3.99. The van der Waals surface area contributed by atoms with Crippen molar-refractivity contribution >= 4 is 0 Å². The number of likely N-dealkylation sites (tertiary alicyclic amines) is 1. The van der Waals surface area contributed by atoms with Crippen LogP contribution in [0.4, 0.5) is 0 Å². The summed E-state index contributed by atoms with van der Waals surface area (Å²) in [5, 5.41) is 7.76. The molecule has 7 heteroatoms. The Balaban J connectivity index is 1.36. The molecular formula is C21H23N5O2. The molecule has 2 aromatic heterocycles. The monoisotopic (exact) mass is 377 g/mol. The average Bonchev–Trinajstić information content (AvgIpc) is 3.37. The first-order valence-corrected chi connectivity index (χ1v) is 9.66. The first-order chi connectivity index (χ1) is 13.7. The highest BCUT2D eigenvalue weighted by Crippen LogP contribution is 2.41. The van der Waals surface area contributed by atoms with Gasteiger partial charge in [-0.15, -0.1) is 0 Å². The SMILES string of the molecule is CN1CC[C@]2(c3nc(-c4ccc(Oc5ccccc5)nc4)no3)CNC[C@@H]2C1. The fourth-order valence-corrected chi connectivity index (χ4v) is 4.28. The third-order valence-electron chi connectivity index (χ3n) is 5.90. The van der Waals surface area contributed by atoms with Crippen molar-refractivity contribution in [1.82, 2.24) is 25.3 Å². The highest BCUT2D eigenvalue weighted by atomic mass is 16.5. The number of piperidine rings is 1. The molecule has 0 bridgehead atoms. The van der Waals surface area contributed by atoms with Crippen LogP contribution < -0.4 is 10.1 Å². The molecule has 1 N–H and O–H groups in total. The number of rotatable bonds is 4.